The van der Waals surface area contributed by atoms with Gasteiger partial charge < -0.3 is 14.7 Å². The van der Waals surface area contributed by atoms with Crippen molar-refractivity contribution in [3.63, 3.8) is 0 Å². The fraction of sp³-hybridized carbons (Fsp3) is 0.800. The maximum atomic E-state index is 11.4. The van der Waals surface area contributed by atoms with E-state index in [9.17, 15) is 9.59 Å². The van der Waals surface area contributed by atoms with E-state index in [1.807, 2.05) is 6.92 Å². The zero-order valence-electron chi connectivity index (χ0n) is 9.52. The summed E-state index contributed by atoms with van der Waals surface area (Å²) in [6.07, 6.45) is 1.28. The van der Waals surface area contributed by atoms with Crippen molar-refractivity contribution in [1.29, 1.82) is 0 Å². The first-order valence-electron chi connectivity index (χ1n) is 5.09. The second-order valence-electron chi connectivity index (χ2n) is 3.46. The number of rotatable bonds is 6. The Morgan fingerprint density at radius 3 is 2.47 bits per heavy atom. The molecule has 0 rings (SSSR count). The highest BCUT2D eigenvalue weighted by molar-refractivity contribution is 5.71. The Morgan fingerprint density at radius 2 is 2.07 bits per heavy atom. The van der Waals surface area contributed by atoms with E-state index >= 15 is 0 Å². The first-order valence-corrected chi connectivity index (χ1v) is 5.09. The molecule has 0 aromatic rings. The van der Waals surface area contributed by atoms with E-state index in [0.29, 0.717) is 6.54 Å². The van der Waals surface area contributed by atoms with Crippen molar-refractivity contribution < 1.29 is 19.4 Å². The van der Waals surface area contributed by atoms with E-state index < -0.39 is 12.1 Å². The lowest BCUT2D eigenvalue weighted by molar-refractivity contribution is -0.138. The summed E-state index contributed by atoms with van der Waals surface area (Å²) in [4.78, 5) is 23.3. The minimum absolute atomic E-state index is 0.0567. The van der Waals surface area contributed by atoms with E-state index in [1.54, 1.807) is 6.92 Å². The van der Waals surface area contributed by atoms with Crippen LogP contribution in [0.15, 0.2) is 0 Å². The highest BCUT2D eigenvalue weighted by Gasteiger charge is 2.21. The summed E-state index contributed by atoms with van der Waals surface area (Å²) in [6.45, 7) is 4.26. The van der Waals surface area contributed by atoms with Crippen molar-refractivity contribution in [1.82, 2.24) is 4.90 Å². The summed E-state index contributed by atoms with van der Waals surface area (Å²) in [5, 5.41) is 8.63. The Hall–Kier alpha value is -1.26. The molecular formula is C10H19NO4. The minimum Gasteiger partial charge on any atom is -0.481 e. The second kappa shape index (κ2) is 7.09. The molecule has 5 nitrogen and oxygen atoms in total. The van der Waals surface area contributed by atoms with Gasteiger partial charge in [-0.15, -0.1) is 0 Å². The molecule has 1 unspecified atom stereocenters. The first kappa shape index (κ1) is 13.7. The number of ether oxygens (including phenoxy) is 1. The van der Waals surface area contributed by atoms with E-state index in [-0.39, 0.29) is 12.5 Å². The highest BCUT2D eigenvalue weighted by atomic mass is 16.5. The SMILES string of the molecule is CCCCN(C(=O)OC)C(C)CC(=O)O. The predicted molar refractivity (Wildman–Crippen MR) is 55.7 cm³/mol. The molecule has 5 heteroatoms. The molecule has 88 valence electrons. The Kier molecular flexibility index (Phi) is 6.49. The summed E-state index contributed by atoms with van der Waals surface area (Å²) < 4.78 is 4.61. The molecular weight excluding hydrogens is 198 g/mol. The monoisotopic (exact) mass is 217 g/mol. The zero-order chi connectivity index (χ0) is 11.8. The molecule has 15 heavy (non-hydrogen) atoms. The number of aliphatic carboxylic acids is 1. The number of nitrogens with zero attached hydrogens (tertiary/aromatic N) is 1. The first-order chi connectivity index (χ1) is 7.02. The molecule has 0 saturated heterocycles. The third-order valence-corrected chi connectivity index (χ3v) is 2.16. The molecule has 0 aliphatic rings. The number of hydrogen-bond acceptors (Lipinski definition) is 3. The Bertz CT molecular complexity index is 217. The number of carbonyl (C=O) groups excluding carboxylic acids is 1. The lowest BCUT2D eigenvalue weighted by Crippen LogP contribution is -2.40. The van der Waals surface area contributed by atoms with Crippen molar-refractivity contribution in [3.8, 4) is 0 Å². The van der Waals surface area contributed by atoms with Crippen molar-refractivity contribution in [2.45, 2.75) is 39.2 Å². The van der Waals surface area contributed by atoms with Crippen molar-refractivity contribution in [3.05, 3.63) is 0 Å². The quantitative estimate of drug-likeness (QED) is 0.735. The number of carbonyl (C=O) groups is 2. The van der Waals surface area contributed by atoms with E-state index in [2.05, 4.69) is 4.74 Å². The molecule has 0 aromatic heterocycles. The fourth-order valence-electron chi connectivity index (χ4n) is 1.30. The van der Waals surface area contributed by atoms with Gasteiger partial charge in [0, 0.05) is 12.6 Å². The van der Waals surface area contributed by atoms with Crippen LogP contribution < -0.4 is 0 Å². The van der Waals surface area contributed by atoms with Gasteiger partial charge in [0.05, 0.1) is 13.5 Å². The molecule has 0 fully saturated rings. The van der Waals surface area contributed by atoms with E-state index in [0.717, 1.165) is 12.8 Å². The number of hydrogen-bond donors (Lipinski definition) is 1. The number of amides is 1. The van der Waals surface area contributed by atoms with E-state index in [1.165, 1.54) is 12.0 Å². The molecule has 0 aromatic carbocycles. The standard InChI is InChI=1S/C10H19NO4/c1-4-5-6-11(10(14)15-3)8(2)7-9(12)13/h8H,4-7H2,1-3H3,(H,12,13). The van der Waals surface area contributed by atoms with Gasteiger partial charge in [-0.25, -0.2) is 4.79 Å². The average molecular weight is 217 g/mol. The number of methoxy groups -OCH3 is 1. The maximum absolute atomic E-state index is 11.4. The normalized spacial score (nSPS) is 11.9. The van der Waals surface area contributed by atoms with Gasteiger partial charge in [-0.2, -0.15) is 0 Å². The molecule has 0 radical (unpaired) electrons. The summed E-state index contributed by atoms with van der Waals surface area (Å²) in [7, 11) is 1.30. The van der Waals surface area contributed by atoms with Crippen LogP contribution >= 0.6 is 0 Å². The molecule has 0 bridgehead atoms. The smallest absolute Gasteiger partial charge is 0.409 e. The van der Waals surface area contributed by atoms with Crippen LogP contribution in [0.2, 0.25) is 0 Å². The molecule has 0 aliphatic heterocycles. The van der Waals surface area contributed by atoms with Crippen LogP contribution in [0, 0.1) is 0 Å². The number of carboxylic acids is 1. The predicted octanol–water partition coefficient (Wildman–Crippen LogP) is 1.72. The van der Waals surface area contributed by atoms with Crippen molar-refractivity contribution in [2.24, 2.45) is 0 Å². The number of unbranched alkanes of at least 4 members (excludes halogenated alkanes) is 1. The van der Waals surface area contributed by atoms with Gasteiger partial charge in [0.15, 0.2) is 0 Å². The molecule has 1 amide bonds. The van der Waals surface area contributed by atoms with Crippen LogP contribution in [-0.4, -0.2) is 41.8 Å². The van der Waals surface area contributed by atoms with Crippen molar-refractivity contribution >= 4 is 12.1 Å². The topological polar surface area (TPSA) is 66.8 Å². The van der Waals surface area contributed by atoms with Gasteiger partial charge in [-0.3, -0.25) is 4.79 Å². The maximum Gasteiger partial charge on any atom is 0.409 e. The van der Waals surface area contributed by atoms with Crippen molar-refractivity contribution in [2.75, 3.05) is 13.7 Å². The summed E-state index contributed by atoms with van der Waals surface area (Å²) in [5.74, 6) is -0.909. The van der Waals surface area contributed by atoms with Crippen LogP contribution in [0.1, 0.15) is 33.1 Å². The van der Waals surface area contributed by atoms with E-state index in [4.69, 9.17) is 5.11 Å². The minimum atomic E-state index is -0.909. The van der Waals surface area contributed by atoms with Gasteiger partial charge in [-0.1, -0.05) is 13.3 Å². The molecule has 1 atom stereocenters. The Morgan fingerprint density at radius 1 is 1.47 bits per heavy atom. The molecule has 0 heterocycles. The fourth-order valence-corrected chi connectivity index (χ4v) is 1.30. The zero-order valence-corrected chi connectivity index (χ0v) is 9.52. The van der Waals surface area contributed by atoms with Gasteiger partial charge in [0.25, 0.3) is 0 Å². The van der Waals surface area contributed by atoms with Crippen LogP contribution in [0.25, 0.3) is 0 Å². The lowest BCUT2D eigenvalue weighted by atomic mass is 10.2. The van der Waals surface area contributed by atoms with Gasteiger partial charge in [-0.05, 0) is 13.3 Å². The summed E-state index contributed by atoms with van der Waals surface area (Å²) in [6, 6.07) is -0.332. The van der Waals surface area contributed by atoms with Crippen LogP contribution in [0.4, 0.5) is 4.79 Å². The Labute approximate surface area is 90.0 Å². The van der Waals surface area contributed by atoms with Crippen LogP contribution in [0.3, 0.4) is 0 Å². The average Bonchev–Trinajstić information content (AvgIpc) is 2.16. The van der Waals surface area contributed by atoms with Gasteiger partial charge in [0.1, 0.15) is 0 Å². The molecule has 1 N–H and O–H groups in total. The third-order valence-electron chi connectivity index (χ3n) is 2.16. The third kappa shape index (κ3) is 5.24. The second-order valence-corrected chi connectivity index (χ2v) is 3.46. The molecule has 0 aliphatic carbocycles. The molecule has 0 spiro atoms. The summed E-state index contributed by atoms with van der Waals surface area (Å²) >= 11 is 0. The molecule has 0 saturated carbocycles. The largest absolute Gasteiger partial charge is 0.481 e. The highest BCUT2D eigenvalue weighted by Crippen LogP contribution is 2.08. The Balaban J connectivity index is 4.32. The van der Waals surface area contributed by atoms with Gasteiger partial charge in [0.2, 0.25) is 0 Å². The number of carboxylic acid groups (broad SMARTS) is 1. The van der Waals surface area contributed by atoms with Crippen LogP contribution in [-0.2, 0) is 9.53 Å². The lowest BCUT2D eigenvalue weighted by Gasteiger charge is -2.26. The van der Waals surface area contributed by atoms with Crippen LogP contribution in [0.5, 0.6) is 0 Å². The van der Waals surface area contributed by atoms with Gasteiger partial charge >= 0.3 is 12.1 Å². The summed E-state index contributed by atoms with van der Waals surface area (Å²) in [5.41, 5.74) is 0.